The first-order chi connectivity index (χ1) is 7.57. The van der Waals surface area contributed by atoms with Crippen LogP contribution in [0.5, 0.6) is 0 Å². The van der Waals surface area contributed by atoms with Crippen molar-refractivity contribution < 1.29 is 14.3 Å². The lowest BCUT2D eigenvalue weighted by Gasteiger charge is -2.09. The van der Waals surface area contributed by atoms with Gasteiger partial charge in [0.1, 0.15) is 11.9 Å². The Hall–Kier alpha value is -1.89. The number of hydrogen-bond donors (Lipinski definition) is 1. The van der Waals surface area contributed by atoms with E-state index in [0.717, 1.165) is 0 Å². The minimum Gasteiger partial charge on any atom is -0.481 e. The molecule has 1 aromatic rings. The molecular weight excluding hydrogens is 209 g/mol. The Morgan fingerprint density at radius 3 is 2.75 bits per heavy atom. The van der Waals surface area contributed by atoms with Crippen molar-refractivity contribution in [2.24, 2.45) is 5.41 Å². The van der Waals surface area contributed by atoms with E-state index in [-0.39, 0.29) is 5.56 Å². The van der Waals surface area contributed by atoms with Crippen LogP contribution in [0.25, 0.3) is 0 Å². The highest BCUT2D eigenvalue weighted by atomic mass is 19.1. The Balaban J connectivity index is 2.24. The van der Waals surface area contributed by atoms with Gasteiger partial charge in [0, 0.05) is 0 Å². The van der Waals surface area contributed by atoms with Crippen molar-refractivity contribution in [3.8, 4) is 6.07 Å². The fourth-order valence-electron chi connectivity index (χ4n) is 1.78. The number of aliphatic carboxylic acids is 1. The third-order valence-corrected chi connectivity index (χ3v) is 3.00. The third kappa shape index (κ3) is 1.76. The Kier molecular flexibility index (Phi) is 2.39. The van der Waals surface area contributed by atoms with Gasteiger partial charge in [-0.25, -0.2) is 4.39 Å². The lowest BCUT2D eigenvalue weighted by molar-refractivity contribution is -0.143. The topological polar surface area (TPSA) is 61.1 Å². The van der Waals surface area contributed by atoms with Crippen LogP contribution in [0.3, 0.4) is 0 Å². The van der Waals surface area contributed by atoms with Crippen LogP contribution in [0.4, 0.5) is 4.39 Å². The van der Waals surface area contributed by atoms with E-state index >= 15 is 0 Å². The van der Waals surface area contributed by atoms with Crippen LogP contribution in [0.2, 0.25) is 0 Å². The Morgan fingerprint density at radius 2 is 2.25 bits per heavy atom. The zero-order valence-corrected chi connectivity index (χ0v) is 8.53. The average molecular weight is 219 g/mol. The largest absolute Gasteiger partial charge is 0.481 e. The van der Waals surface area contributed by atoms with Crippen LogP contribution < -0.4 is 0 Å². The second-order valence-corrected chi connectivity index (χ2v) is 4.19. The second-order valence-electron chi connectivity index (χ2n) is 4.19. The monoisotopic (exact) mass is 219 g/mol. The summed E-state index contributed by atoms with van der Waals surface area (Å²) in [6.07, 6.45) is 1.68. The van der Waals surface area contributed by atoms with Crippen molar-refractivity contribution in [3.05, 3.63) is 35.1 Å². The standard InChI is InChI=1S/C12H10FNO2/c13-10-2-1-8(5-9(10)7-14)6-12(3-4-12)11(15)16/h1-2,5H,3-4,6H2,(H,15,16). The van der Waals surface area contributed by atoms with Crippen molar-refractivity contribution >= 4 is 5.97 Å². The molecule has 1 aliphatic carbocycles. The molecule has 1 fully saturated rings. The van der Waals surface area contributed by atoms with E-state index in [4.69, 9.17) is 10.4 Å². The summed E-state index contributed by atoms with van der Waals surface area (Å²) < 4.78 is 13.0. The number of rotatable bonds is 3. The van der Waals surface area contributed by atoms with Crippen LogP contribution in [-0.4, -0.2) is 11.1 Å². The summed E-state index contributed by atoms with van der Waals surface area (Å²) in [6, 6.07) is 5.93. The van der Waals surface area contributed by atoms with Crippen LogP contribution in [-0.2, 0) is 11.2 Å². The predicted octanol–water partition coefficient (Wildman–Crippen LogP) is 2.10. The Bertz CT molecular complexity index is 486. The smallest absolute Gasteiger partial charge is 0.309 e. The zero-order valence-electron chi connectivity index (χ0n) is 8.53. The predicted molar refractivity (Wildman–Crippen MR) is 54.1 cm³/mol. The van der Waals surface area contributed by atoms with E-state index in [1.165, 1.54) is 12.1 Å². The van der Waals surface area contributed by atoms with Gasteiger partial charge >= 0.3 is 5.97 Å². The van der Waals surface area contributed by atoms with E-state index < -0.39 is 17.2 Å². The summed E-state index contributed by atoms with van der Waals surface area (Å²) in [5.41, 5.74) is 0.00131. The summed E-state index contributed by atoms with van der Waals surface area (Å²) in [5, 5.41) is 17.7. The lowest BCUT2D eigenvalue weighted by atomic mass is 9.95. The number of halogens is 1. The Morgan fingerprint density at radius 1 is 1.56 bits per heavy atom. The van der Waals surface area contributed by atoms with E-state index in [2.05, 4.69) is 0 Å². The van der Waals surface area contributed by atoms with Crippen LogP contribution in [0.15, 0.2) is 18.2 Å². The molecule has 2 rings (SSSR count). The molecule has 0 unspecified atom stereocenters. The molecule has 82 valence electrons. The number of carboxylic acid groups (broad SMARTS) is 1. The number of hydrogen-bond acceptors (Lipinski definition) is 2. The van der Waals surface area contributed by atoms with Gasteiger partial charge in [-0.1, -0.05) is 6.07 Å². The van der Waals surface area contributed by atoms with E-state index in [1.807, 2.05) is 0 Å². The highest BCUT2D eigenvalue weighted by molar-refractivity contribution is 5.78. The fourth-order valence-corrected chi connectivity index (χ4v) is 1.78. The molecule has 1 N–H and O–H groups in total. The first-order valence-electron chi connectivity index (χ1n) is 4.99. The molecule has 1 aliphatic rings. The van der Waals surface area contributed by atoms with Gasteiger partial charge in [0.25, 0.3) is 0 Å². The highest BCUT2D eigenvalue weighted by Gasteiger charge is 2.49. The normalized spacial score (nSPS) is 16.5. The van der Waals surface area contributed by atoms with Gasteiger partial charge in [-0.3, -0.25) is 4.79 Å². The highest BCUT2D eigenvalue weighted by Crippen LogP contribution is 2.48. The van der Waals surface area contributed by atoms with Crippen molar-refractivity contribution in [1.82, 2.24) is 0 Å². The summed E-state index contributed by atoms with van der Waals surface area (Å²) in [7, 11) is 0. The number of nitriles is 1. The van der Waals surface area contributed by atoms with Gasteiger partial charge < -0.3 is 5.11 Å². The van der Waals surface area contributed by atoms with Gasteiger partial charge in [-0.15, -0.1) is 0 Å². The molecule has 0 bridgehead atoms. The quantitative estimate of drug-likeness (QED) is 0.846. The van der Waals surface area contributed by atoms with Gasteiger partial charge in [0.2, 0.25) is 0 Å². The van der Waals surface area contributed by atoms with Gasteiger partial charge in [0.05, 0.1) is 11.0 Å². The zero-order chi connectivity index (χ0) is 11.8. The summed E-state index contributed by atoms with van der Waals surface area (Å²) in [4.78, 5) is 11.0. The second kappa shape index (κ2) is 3.60. The maximum Gasteiger partial charge on any atom is 0.309 e. The van der Waals surface area contributed by atoms with E-state index in [9.17, 15) is 9.18 Å². The number of nitrogens with zero attached hydrogens (tertiary/aromatic N) is 1. The Labute approximate surface area is 92.1 Å². The van der Waals surface area contributed by atoms with Crippen molar-refractivity contribution in [1.29, 1.82) is 5.26 Å². The molecule has 0 amide bonds. The maximum absolute atomic E-state index is 13.0. The fraction of sp³-hybridized carbons (Fsp3) is 0.333. The molecule has 0 radical (unpaired) electrons. The first-order valence-corrected chi connectivity index (χ1v) is 4.99. The summed E-state index contributed by atoms with van der Waals surface area (Å²) >= 11 is 0. The van der Waals surface area contributed by atoms with Crippen LogP contribution in [0, 0.1) is 22.6 Å². The van der Waals surface area contributed by atoms with Crippen molar-refractivity contribution in [3.63, 3.8) is 0 Å². The third-order valence-electron chi connectivity index (χ3n) is 3.00. The average Bonchev–Trinajstić information content (AvgIpc) is 3.02. The number of carboxylic acids is 1. The molecule has 1 saturated carbocycles. The van der Waals surface area contributed by atoms with E-state index in [0.29, 0.717) is 24.8 Å². The molecule has 3 nitrogen and oxygen atoms in total. The van der Waals surface area contributed by atoms with Crippen LogP contribution in [0.1, 0.15) is 24.0 Å². The van der Waals surface area contributed by atoms with Gasteiger partial charge in [-0.2, -0.15) is 5.26 Å². The molecule has 4 heteroatoms. The molecule has 16 heavy (non-hydrogen) atoms. The number of carbonyl (C=O) groups is 1. The lowest BCUT2D eigenvalue weighted by Crippen LogP contribution is -2.17. The molecule has 0 heterocycles. The van der Waals surface area contributed by atoms with E-state index in [1.54, 1.807) is 12.1 Å². The SMILES string of the molecule is N#Cc1cc(CC2(C(=O)O)CC2)ccc1F. The van der Waals surface area contributed by atoms with Gasteiger partial charge in [0.15, 0.2) is 0 Å². The van der Waals surface area contributed by atoms with Crippen molar-refractivity contribution in [2.45, 2.75) is 19.3 Å². The van der Waals surface area contributed by atoms with Crippen LogP contribution >= 0.6 is 0 Å². The summed E-state index contributed by atoms with van der Waals surface area (Å²) in [5.74, 6) is -1.37. The molecule has 0 atom stereocenters. The number of benzene rings is 1. The molecule has 1 aromatic carbocycles. The first kappa shape index (κ1) is 10.6. The molecule has 0 spiro atoms. The maximum atomic E-state index is 13.0. The molecular formula is C12H10FNO2. The molecule has 0 aliphatic heterocycles. The van der Waals surface area contributed by atoms with Crippen molar-refractivity contribution in [2.75, 3.05) is 0 Å². The summed E-state index contributed by atoms with van der Waals surface area (Å²) in [6.45, 7) is 0. The minimum atomic E-state index is -0.810. The molecule has 0 saturated heterocycles. The molecule has 0 aromatic heterocycles. The minimum absolute atomic E-state index is 0.0290. The van der Waals surface area contributed by atoms with Gasteiger partial charge in [-0.05, 0) is 37.0 Å².